The molecule has 0 aliphatic carbocycles. The molecule has 3 heteroatoms. The molecule has 0 fully saturated rings. The molecule has 0 saturated carbocycles. The highest BCUT2D eigenvalue weighted by Gasteiger charge is 2.05. The Bertz CT molecular complexity index is 962. The minimum atomic E-state index is 0. The van der Waals surface area contributed by atoms with Gasteiger partial charge in [0, 0.05) is 16.8 Å². The number of pyridine rings is 1. The number of fused-ring (bicyclic) bond motifs is 2. The zero-order valence-corrected chi connectivity index (χ0v) is 14.0. The zero-order chi connectivity index (χ0) is 15.5. The average Bonchev–Trinajstić information content (AvgIpc) is 2.62. The Morgan fingerprint density at radius 3 is 2.29 bits per heavy atom. The summed E-state index contributed by atoms with van der Waals surface area (Å²) in [4.78, 5) is 0. The summed E-state index contributed by atoms with van der Waals surface area (Å²) in [5, 5.41) is 4.89. The average molecular weight is 336 g/mol. The minimum Gasteiger partial charge on any atom is -1.00 e. The van der Waals surface area contributed by atoms with Gasteiger partial charge in [-0.05, 0) is 22.9 Å². The van der Waals surface area contributed by atoms with Gasteiger partial charge in [-0.25, -0.2) is 4.57 Å². The van der Waals surface area contributed by atoms with Crippen LogP contribution >= 0.6 is 0 Å². The lowest BCUT2D eigenvalue weighted by Gasteiger charge is -2.08. The van der Waals surface area contributed by atoms with Crippen molar-refractivity contribution >= 4 is 21.5 Å². The third kappa shape index (κ3) is 3.34. The fourth-order valence-electron chi connectivity index (χ4n) is 2.90. The van der Waals surface area contributed by atoms with Gasteiger partial charge in [-0.1, -0.05) is 54.6 Å². The van der Waals surface area contributed by atoms with Gasteiger partial charge in [-0.2, -0.15) is 0 Å². The van der Waals surface area contributed by atoms with E-state index in [1.807, 2.05) is 18.2 Å². The zero-order valence-electron chi connectivity index (χ0n) is 13.2. The first-order chi connectivity index (χ1) is 11.4. The Balaban J connectivity index is 0.00000169. The molecule has 3 aromatic carbocycles. The van der Waals surface area contributed by atoms with Gasteiger partial charge in [0.2, 0.25) is 0 Å². The Hall–Kier alpha value is -2.58. The van der Waals surface area contributed by atoms with Crippen molar-refractivity contribution in [3.63, 3.8) is 0 Å². The van der Waals surface area contributed by atoms with Crippen LogP contribution in [0.3, 0.4) is 0 Å². The lowest BCUT2D eigenvalue weighted by molar-refractivity contribution is -0.696. The molecular formula is C21H18ClNO. The molecule has 1 aromatic heterocycles. The van der Waals surface area contributed by atoms with Crippen LogP contribution in [0.25, 0.3) is 21.5 Å². The number of benzene rings is 3. The second-order valence-corrected chi connectivity index (χ2v) is 5.64. The van der Waals surface area contributed by atoms with Gasteiger partial charge in [0.05, 0.1) is 0 Å². The van der Waals surface area contributed by atoms with Gasteiger partial charge in [-0.3, -0.25) is 0 Å². The molecule has 24 heavy (non-hydrogen) atoms. The van der Waals surface area contributed by atoms with Crippen LogP contribution < -0.4 is 21.7 Å². The number of rotatable bonds is 4. The number of hydrogen-bond acceptors (Lipinski definition) is 1. The van der Waals surface area contributed by atoms with Crippen LogP contribution in [-0.4, -0.2) is 6.61 Å². The molecule has 120 valence electrons. The van der Waals surface area contributed by atoms with Crippen LogP contribution in [0.1, 0.15) is 0 Å². The molecule has 0 saturated heterocycles. The maximum Gasteiger partial charge on any atom is 0.182 e. The van der Waals surface area contributed by atoms with Gasteiger partial charge < -0.3 is 17.1 Å². The van der Waals surface area contributed by atoms with Gasteiger partial charge >= 0.3 is 0 Å². The molecule has 2 nitrogen and oxygen atoms in total. The highest BCUT2D eigenvalue weighted by Crippen LogP contribution is 2.24. The number of halogens is 1. The summed E-state index contributed by atoms with van der Waals surface area (Å²) in [7, 11) is 0. The van der Waals surface area contributed by atoms with Gasteiger partial charge in [-0.15, -0.1) is 0 Å². The van der Waals surface area contributed by atoms with Crippen LogP contribution in [0.4, 0.5) is 0 Å². The number of ether oxygens (including phenoxy) is 1. The SMILES string of the molecule is [Cl-].c1ccc2c[n+](CCOc3cccc4ccccc34)ccc2c1. The second kappa shape index (κ2) is 7.33. The quantitative estimate of drug-likeness (QED) is 0.513. The van der Waals surface area contributed by atoms with Crippen molar-refractivity contribution in [2.75, 3.05) is 6.61 Å². The highest BCUT2D eigenvalue weighted by atomic mass is 35.5. The largest absolute Gasteiger partial charge is 1.00 e. The lowest BCUT2D eigenvalue weighted by Crippen LogP contribution is -3.00. The van der Waals surface area contributed by atoms with Crippen LogP contribution in [0.15, 0.2) is 85.2 Å². The minimum absolute atomic E-state index is 0. The van der Waals surface area contributed by atoms with Crippen LogP contribution in [0, 0.1) is 0 Å². The fraction of sp³-hybridized carbons (Fsp3) is 0.0952. The number of nitrogens with zero attached hydrogens (tertiary/aromatic N) is 1. The molecule has 0 radical (unpaired) electrons. The van der Waals surface area contributed by atoms with E-state index in [-0.39, 0.29) is 12.4 Å². The first-order valence-corrected chi connectivity index (χ1v) is 7.88. The second-order valence-electron chi connectivity index (χ2n) is 5.64. The molecule has 4 rings (SSSR count). The third-order valence-corrected chi connectivity index (χ3v) is 4.10. The Morgan fingerprint density at radius 2 is 1.42 bits per heavy atom. The molecule has 0 amide bonds. The van der Waals surface area contributed by atoms with E-state index in [4.69, 9.17) is 4.74 Å². The summed E-state index contributed by atoms with van der Waals surface area (Å²) in [6.07, 6.45) is 4.27. The molecular weight excluding hydrogens is 318 g/mol. The molecule has 0 unspecified atom stereocenters. The van der Waals surface area contributed by atoms with Crippen molar-refractivity contribution < 1.29 is 21.7 Å². The Labute approximate surface area is 147 Å². The van der Waals surface area contributed by atoms with E-state index in [2.05, 4.69) is 71.6 Å². The summed E-state index contributed by atoms with van der Waals surface area (Å²) >= 11 is 0. The van der Waals surface area contributed by atoms with Crippen molar-refractivity contribution in [1.29, 1.82) is 0 Å². The van der Waals surface area contributed by atoms with E-state index in [9.17, 15) is 0 Å². The van der Waals surface area contributed by atoms with E-state index in [0.717, 1.165) is 12.3 Å². The number of hydrogen-bond donors (Lipinski definition) is 0. The van der Waals surface area contributed by atoms with E-state index < -0.39 is 0 Å². The van der Waals surface area contributed by atoms with Crippen molar-refractivity contribution in [3.8, 4) is 5.75 Å². The molecule has 0 aliphatic rings. The van der Waals surface area contributed by atoms with Crippen molar-refractivity contribution in [1.82, 2.24) is 0 Å². The predicted molar refractivity (Wildman–Crippen MR) is 93.6 cm³/mol. The monoisotopic (exact) mass is 335 g/mol. The van der Waals surface area contributed by atoms with E-state index >= 15 is 0 Å². The summed E-state index contributed by atoms with van der Waals surface area (Å²) in [6.45, 7) is 1.48. The van der Waals surface area contributed by atoms with Crippen molar-refractivity contribution in [2.45, 2.75) is 6.54 Å². The Morgan fingerprint density at radius 1 is 0.708 bits per heavy atom. The van der Waals surface area contributed by atoms with E-state index in [1.54, 1.807) is 0 Å². The molecule has 0 atom stereocenters. The predicted octanol–water partition coefficient (Wildman–Crippen LogP) is 1.36. The standard InChI is InChI=1S/C21H18NO.ClH/c1-2-8-19-16-22(13-12-17(19)6-1)14-15-23-21-11-5-9-18-7-3-4-10-20(18)21;/h1-13,16H,14-15H2;1H/q+1;/p-1. The summed E-state index contributed by atoms with van der Waals surface area (Å²) in [6, 6.07) is 25.1. The normalized spacial score (nSPS) is 10.5. The molecule has 0 aliphatic heterocycles. The summed E-state index contributed by atoms with van der Waals surface area (Å²) < 4.78 is 8.19. The van der Waals surface area contributed by atoms with Gasteiger partial charge in [0.25, 0.3) is 0 Å². The van der Waals surface area contributed by atoms with Gasteiger partial charge in [0.15, 0.2) is 18.9 Å². The van der Waals surface area contributed by atoms with Crippen LogP contribution in [-0.2, 0) is 6.54 Å². The lowest BCUT2D eigenvalue weighted by atomic mass is 10.1. The molecule has 0 N–H and O–H groups in total. The third-order valence-electron chi connectivity index (χ3n) is 4.10. The highest BCUT2D eigenvalue weighted by molar-refractivity contribution is 5.88. The van der Waals surface area contributed by atoms with E-state index in [1.165, 1.54) is 21.5 Å². The van der Waals surface area contributed by atoms with Crippen LogP contribution in [0.5, 0.6) is 5.75 Å². The molecule has 0 bridgehead atoms. The first-order valence-electron chi connectivity index (χ1n) is 7.88. The Kier molecular flexibility index (Phi) is 4.97. The first kappa shape index (κ1) is 16.3. The fourth-order valence-corrected chi connectivity index (χ4v) is 2.90. The molecule has 0 spiro atoms. The van der Waals surface area contributed by atoms with E-state index in [0.29, 0.717) is 6.61 Å². The molecule has 1 heterocycles. The smallest absolute Gasteiger partial charge is 0.182 e. The molecule has 4 aromatic rings. The van der Waals surface area contributed by atoms with Crippen molar-refractivity contribution in [3.05, 3.63) is 85.2 Å². The van der Waals surface area contributed by atoms with Gasteiger partial charge in [0.1, 0.15) is 12.4 Å². The maximum absolute atomic E-state index is 6.01. The summed E-state index contributed by atoms with van der Waals surface area (Å²) in [5.41, 5.74) is 0. The van der Waals surface area contributed by atoms with Crippen molar-refractivity contribution in [2.24, 2.45) is 0 Å². The topological polar surface area (TPSA) is 13.1 Å². The van der Waals surface area contributed by atoms with Crippen LogP contribution in [0.2, 0.25) is 0 Å². The summed E-state index contributed by atoms with van der Waals surface area (Å²) in [5.74, 6) is 0.949. The number of aromatic nitrogens is 1. The maximum atomic E-state index is 6.01.